The van der Waals surface area contributed by atoms with Gasteiger partial charge in [0, 0.05) is 0 Å². The highest BCUT2D eigenvalue weighted by atomic mass is 16.5. The fourth-order valence-corrected chi connectivity index (χ4v) is 5.72. The summed E-state index contributed by atoms with van der Waals surface area (Å²) < 4.78 is 4.80. The van der Waals surface area contributed by atoms with Gasteiger partial charge in [0.2, 0.25) is 0 Å². The van der Waals surface area contributed by atoms with Crippen LogP contribution in [-0.4, -0.2) is 23.3 Å². The number of carbonyl (C=O) groups is 1. The minimum atomic E-state index is -0.510. The molecule has 0 radical (unpaired) electrons. The number of allylic oxidation sites excluding steroid dienone is 1. The summed E-state index contributed by atoms with van der Waals surface area (Å²) >= 11 is 0. The Bertz CT molecular complexity index is 768. The maximum atomic E-state index is 12.0. The topological polar surface area (TPSA) is 66.8 Å². The van der Waals surface area contributed by atoms with Gasteiger partial charge in [0.05, 0.1) is 12.7 Å². The Morgan fingerprint density at radius 3 is 2.67 bits per heavy atom. The normalized spacial score (nSPS) is 33.4. The number of phenolic OH excluding ortho intramolecular Hbond substituents is 2. The maximum absolute atomic E-state index is 12.0. The second kappa shape index (κ2) is 6.88. The van der Waals surface area contributed by atoms with Crippen LogP contribution in [0.4, 0.5) is 0 Å². The minimum absolute atomic E-state index is 0.0466. The third-order valence-corrected chi connectivity index (χ3v) is 7.73. The predicted octanol–water partition coefficient (Wildman–Crippen LogP) is 5.23. The summed E-state index contributed by atoms with van der Waals surface area (Å²) in [6, 6.07) is 2.94. The fourth-order valence-electron chi connectivity index (χ4n) is 5.72. The SMILES string of the molecule is C=C1CCC[C@@H]2[C@@](C)(Cc3cc(C(=O)OC)cc(O)c3O)[C@H](C)CC[C@@]12C. The molecule has 0 aliphatic heterocycles. The Labute approximate surface area is 162 Å². The largest absolute Gasteiger partial charge is 0.504 e. The lowest BCUT2D eigenvalue weighted by molar-refractivity contribution is -0.0491. The van der Waals surface area contributed by atoms with Crippen LogP contribution >= 0.6 is 0 Å². The molecule has 0 amide bonds. The van der Waals surface area contributed by atoms with E-state index in [-0.39, 0.29) is 27.9 Å². The Balaban J connectivity index is 2.03. The van der Waals surface area contributed by atoms with Crippen molar-refractivity contribution in [2.45, 2.75) is 59.3 Å². The van der Waals surface area contributed by atoms with Gasteiger partial charge in [-0.15, -0.1) is 0 Å². The number of phenols is 2. The number of methoxy groups -OCH3 is 1. The van der Waals surface area contributed by atoms with Crippen molar-refractivity contribution in [1.29, 1.82) is 0 Å². The van der Waals surface area contributed by atoms with Gasteiger partial charge < -0.3 is 14.9 Å². The Hall–Kier alpha value is -1.97. The highest BCUT2D eigenvalue weighted by molar-refractivity contribution is 5.90. The third-order valence-electron chi connectivity index (χ3n) is 7.73. The first-order chi connectivity index (χ1) is 12.6. The van der Waals surface area contributed by atoms with Crippen molar-refractivity contribution < 1.29 is 19.7 Å². The molecule has 2 saturated carbocycles. The van der Waals surface area contributed by atoms with Gasteiger partial charge in [-0.2, -0.15) is 0 Å². The summed E-state index contributed by atoms with van der Waals surface area (Å²) in [5.74, 6) is 0.0428. The average Bonchev–Trinajstić information content (AvgIpc) is 2.63. The molecular formula is C23H32O4. The van der Waals surface area contributed by atoms with E-state index in [0.29, 0.717) is 23.8 Å². The minimum Gasteiger partial charge on any atom is -0.504 e. The second-order valence-electron chi connectivity index (χ2n) is 9.08. The second-order valence-corrected chi connectivity index (χ2v) is 9.08. The molecule has 4 nitrogen and oxygen atoms in total. The summed E-state index contributed by atoms with van der Waals surface area (Å²) in [7, 11) is 1.31. The molecular weight excluding hydrogens is 340 g/mol. The van der Waals surface area contributed by atoms with E-state index in [4.69, 9.17) is 4.74 Å². The van der Waals surface area contributed by atoms with E-state index >= 15 is 0 Å². The lowest BCUT2D eigenvalue weighted by Crippen LogP contribution is -2.51. The summed E-state index contributed by atoms with van der Waals surface area (Å²) in [5, 5.41) is 20.7. The molecule has 1 aromatic carbocycles. The molecule has 148 valence electrons. The van der Waals surface area contributed by atoms with Crippen LogP contribution in [0.25, 0.3) is 0 Å². The molecule has 4 heteroatoms. The van der Waals surface area contributed by atoms with Gasteiger partial charge in [0.1, 0.15) is 0 Å². The van der Waals surface area contributed by atoms with Crippen molar-refractivity contribution in [2.75, 3.05) is 7.11 Å². The van der Waals surface area contributed by atoms with E-state index in [1.54, 1.807) is 6.07 Å². The molecule has 0 aromatic heterocycles. The van der Waals surface area contributed by atoms with E-state index in [9.17, 15) is 15.0 Å². The van der Waals surface area contributed by atoms with Crippen LogP contribution in [0.2, 0.25) is 0 Å². The van der Waals surface area contributed by atoms with Crippen LogP contribution in [0.1, 0.15) is 68.8 Å². The first-order valence-corrected chi connectivity index (χ1v) is 9.95. The van der Waals surface area contributed by atoms with Gasteiger partial charge in [-0.3, -0.25) is 0 Å². The number of esters is 1. The molecule has 2 aliphatic rings. The Kier molecular flexibility index (Phi) is 5.04. The molecule has 0 spiro atoms. The lowest BCUT2D eigenvalue weighted by atomic mass is 9.46. The molecule has 1 aromatic rings. The quantitative estimate of drug-likeness (QED) is 0.433. The van der Waals surface area contributed by atoms with Crippen LogP contribution < -0.4 is 0 Å². The third kappa shape index (κ3) is 3.13. The van der Waals surface area contributed by atoms with Gasteiger partial charge in [0.25, 0.3) is 0 Å². The maximum Gasteiger partial charge on any atom is 0.337 e. The molecule has 0 heterocycles. The van der Waals surface area contributed by atoms with Crippen molar-refractivity contribution >= 4 is 5.97 Å². The van der Waals surface area contributed by atoms with Crippen molar-refractivity contribution in [2.24, 2.45) is 22.7 Å². The first-order valence-electron chi connectivity index (χ1n) is 9.95. The van der Waals surface area contributed by atoms with Crippen LogP contribution in [0.3, 0.4) is 0 Å². The smallest absolute Gasteiger partial charge is 0.337 e. The molecule has 4 atom stereocenters. The summed E-state index contributed by atoms with van der Waals surface area (Å²) in [6.07, 6.45) is 6.30. The number of ether oxygens (including phenoxy) is 1. The van der Waals surface area contributed by atoms with Crippen LogP contribution in [-0.2, 0) is 11.2 Å². The standard InChI is InChI=1S/C23H32O4/c1-14-7-6-8-19-22(14,3)10-9-15(2)23(19,4)13-17-11-16(21(26)27-5)12-18(24)20(17)25/h11-12,15,19,24-25H,1,6-10,13H2,2-5H3/t15-,19+,22+,23+/m1/s1. The van der Waals surface area contributed by atoms with Crippen molar-refractivity contribution in [1.82, 2.24) is 0 Å². The molecule has 0 bridgehead atoms. The van der Waals surface area contributed by atoms with E-state index in [0.717, 1.165) is 32.1 Å². The van der Waals surface area contributed by atoms with Gasteiger partial charge in [-0.1, -0.05) is 32.9 Å². The van der Waals surface area contributed by atoms with Crippen molar-refractivity contribution in [3.8, 4) is 11.5 Å². The highest BCUT2D eigenvalue weighted by Gasteiger charge is 2.54. The van der Waals surface area contributed by atoms with E-state index in [2.05, 4.69) is 27.4 Å². The lowest BCUT2D eigenvalue weighted by Gasteiger charge is -2.59. The summed E-state index contributed by atoms with van der Waals surface area (Å²) in [6.45, 7) is 11.3. The average molecular weight is 373 g/mol. The molecule has 2 aliphatic carbocycles. The number of hydrogen-bond acceptors (Lipinski definition) is 4. The van der Waals surface area contributed by atoms with E-state index in [1.165, 1.54) is 18.7 Å². The molecule has 27 heavy (non-hydrogen) atoms. The number of rotatable bonds is 3. The van der Waals surface area contributed by atoms with Gasteiger partial charge in [-0.25, -0.2) is 4.79 Å². The molecule has 2 fully saturated rings. The zero-order chi connectivity index (χ0) is 20.0. The van der Waals surface area contributed by atoms with Crippen LogP contribution in [0.5, 0.6) is 11.5 Å². The Morgan fingerprint density at radius 2 is 2.00 bits per heavy atom. The number of benzene rings is 1. The monoisotopic (exact) mass is 372 g/mol. The summed E-state index contributed by atoms with van der Waals surface area (Å²) in [4.78, 5) is 12.0. The Morgan fingerprint density at radius 1 is 1.30 bits per heavy atom. The fraction of sp³-hybridized carbons (Fsp3) is 0.609. The molecule has 2 N–H and O–H groups in total. The molecule has 0 unspecified atom stereocenters. The van der Waals surface area contributed by atoms with Gasteiger partial charge in [-0.05, 0) is 78.9 Å². The summed E-state index contributed by atoms with van der Waals surface area (Å²) in [5.41, 5.74) is 2.31. The van der Waals surface area contributed by atoms with E-state index < -0.39 is 5.97 Å². The number of aromatic hydroxyl groups is 2. The van der Waals surface area contributed by atoms with Crippen molar-refractivity contribution in [3.05, 3.63) is 35.4 Å². The number of hydrogen-bond donors (Lipinski definition) is 2. The molecule has 0 saturated heterocycles. The van der Waals surface area contributed by atoms with Gasteiger partial charge in [0.15, 0.2) is 11.5 Å². The van der Waals surface area contributed by atoms with Crippen molar-refractivity contribution in [3.63, 3.8) is 0 Å². The zero-order valence-electron chi connectivity index (χ0n) is 17.0. The van der Waals surface area contributed by atoms with Gasteiger partial charge >= 0.3 is 5.97 Å². The van der Waals surface area contributed by atoms with Crippen LogP contribution in [0, 0.1) is 22.7 Å². The van der Waals surface area contributed by atoms with Crippen LogP contribution in [0.15, 0.2) is 24.3 Å². The zero-order valence-corrected chi connectivity index (χ0v) is 17.0. The number of carbonyl (C=O) groups excluding carboxylic acids is 1. The first kappa shape index (κ1) is 19.8. The highest BCUT2D eigenvalue weighted by Crippen LogP contribution is 2.62. The molecule has 3 rings (SSSR count). The predicted molar refractivity (Wildman–Crippen MR) is 106 cm³/mol. The number of fused-ring (bicyclic) bond motifs is 1. The van der Waals surface area contributed by atoms with E-state index in [1.807, 2.05) is 0 Å².